The van der Waals surface area contributed by atoms with Crippen LogP contribution in [0.5, 0.6) is 0 Å². The molecule has 3 N–H and O–H groups in total. The molecule has 3 saturated heterocycles. The van der Waals surface area contributed by atoms with Gasteiger partial charge in [0.25, 0.3) is 0 Å². The Labute approximate surface area is 115 Å². The second-order valence-corrected chi connectivity index (χ2v) is 6.23. The molecule has 0 bridgehead atoms. The second kappa shape index (κ2) is 6.06. The molecule has 19 heavy (non-hydrogen) atoms. The summed E-state index contributed by atoms with van der Waals surface area (Å²) in [5.41, 5.74) is 3.00. The minimum Gasteiger partial charge on any atom is -0.378 e. The first-order valence-electron chi connectivity index (χ1n) is 7.61. The molecular weight excluding hydrogens is 244 g/mol. The van der Waals surface area contributed by atoms with Crippen molar-refractivity contribution in [3.63, 3.8) is 0 Å². The van der Waals surface area contributed by atoms with Gasteiger partial charge in [0.1, 0.15) is 0 Å². The molecule has 110 valence electrons. The van der Waals surface area contributed by atoms with Crippen molar-refractivity contribution in [2.75, 3.05) is 26.4 Å². The predicted molar refractivity (Wildman–Crippen MR) is 71.5 cm³/mol. The minimum absolute atomic E-state index is 0.0332. The number of nitrogens with one attached hydrogen (secondary N) is 1. The molecule has 3 heterocycles. The summed E-state index contributed by atoms with van der Waals surface area (Å²) in [7, 11) is 0. The highest BCUT2D eigenvalue weighted by molar-refractivity contribution is 4.94. The fourth-order valence-corrected chi connectivity index (χ4v) is 3.78. The van der Waals surface area contributed by atoms with E-state index in [-0.39, 0.29) is 5.60 Å². The van der Waals surface area contributed by atoms with Gasteiger partial charge in [0.15, 0.2) is 0 Å². The molecule has 3 aliphatic rings. The van der Waals surface area contributed by atoms with E-state index in [1.54, 1.807) is 0 Å². The van der Waals surface area contributed by atoms with Crippen molar-refractivity contribution in [3.8, 4) is 0 Å². The van der Waals surface area contributed by atoms with Gasteiger partial charge in [-0.05, 0) is 38.0 Å². The fraction of sp³-hybridized carbons (Fsp3) is 1.00. The molecule has 0 aromatic heterocycles. The van der Waals surface area contributed by atoms with E-state index in [1.807, 2.05) is 0 Å². The van der Waals surface area contributed by atoms with Crippen LogP contribution in [0.3, 0.4) is 0 Å². The van der Waals surface area contributed by atoms with E-state index >= 15 is 0 Å². The third-order valence-electron chi connectivity index (χ3n) is 4.92. The van der Waals surface area contributed by atoms with Gasteiger partial charge in [-0.1, -0.05) is 0 Å². The van der Waals surface area contributed by atoms with Gasteiger partial charge in [0.05, 0.1) is 18.3 Å². The van der Waals surface area contributed by atoms with Crippen LogP contribution >= 0.6 is 0 Å². The lowest BCUT2D eigenvalue weighted by Crippen LogP contribution is -2.50. The Balaban J connectivity index is 1.58. The van der Waals surface area contributed by atoms with Gasteiger partial charge in [0, 0.05) is 32.3 Å². The minimum atomic E-state index is -0.0332. The number of hydrazine groups is 1. The highest BCUT2D eigenvalue weighted by Crippen LogP contribution is 2.38. The average molecular weight is 270 g/mol. The van der Waals surface area contributed by atoms with E-state index in [9.17, 15) is 0 Å². The molecule has 0 aromatic rings. The first-order chi connectivity index (χ1) is 9.31. The van der Waals surface area contributed by atoms with Crippen LogP contribution in [0.1, 0.15) is 38.5 Å². The lowest BCUT2D eigenvalue weighted by molar-refractivity contribution is -0.105. The number of hydrogen-bond donors (Lipinski definition) is 2. The van der Waals surface area contributed by atoms with Crippen molar-refractivity contribution in [2.24, 2.45) is 11.8 Å². The summed E-state index contributed by atoms with van der Waals surface area (Å²) in [5.74, 6) is 6.36. The van der Waals surface area contributed by atoms with Crippen molar-refractivity contribution in [1.82, 2.24) is 5.43 Å². The van der Waals surface area contributed by atoms with Crippen molar-refractivity contribution in [1.29, 1.82) is 0 Å². The molecule has 3 aliphatic heterocycles. The maximum atomic E-state index is 6.00. The van der Waals surface area contributed by atoms with Crippen LogP contribution in [-0.2, 0) is 14.2 Å². The molecule has 5 nitrogen and oxygen atoms in total. The standard InChI is InChI=1S/C14H26N2O3/c15-16-13(8-12-2-1-5-18-12)11-3-6-19-14(9-11)4-7-17-10-14/h11-13,16H,1-10,15H2. The number of ether oxygens (including phenoxy) is 3. The van der Waals surface area contributed by atoms with E-state index < -0.39 is 0 Å². The summed E-state index contributed by atoms with van der Waals surface area (Å²) in [5, 5.41) is 0. The SMILES string of the molecule is NNC(CC1CCCO1)C1CCOC2(CCOC2)C1. The second-order valence-electron chi connectivity index (χ2n) is 6.23. The first-order valence-corrected chi connectivity index (χ1v) is 7.61. The molecule has 3 fully saturated rings. The molecule has 4 unspecified atom stereocenters. The summed E-state index contributed by atoms with van der Waals surface area (Å²) in [6, 6.07) is 0.337. The summed E-state index contributed by atoms with van der Waals surface area (Å²) in [6.07, 6.45) is 6.96. The Kier molecular flexibility index (Phi) is 4.39. The van der Waals surface area contributed by atoms with E-state index in [2.05, 4.69) is 5.43 Å². The molecule has 0 saturated carbocycles. The third-order valence-corrected chi connectivity index (χ3v) is 4.92. The van der Waals surface area contributed by atoms with Crippen molar-refractivity contribution < 1.29 is 14.2 Å². The Hall–Kier alpha value is -0.200. The average Bonchev–Trinajstić information content (AvgIpc) is 3.08. The monoisotopic (exact) mass is 270 g/mol. The number of rotatable bonds is 4. The largest absolute Gasteiger partial charge is 0.378 e. The van der Waals surface area contributed by atoms with Gasteiger partial charge in [-0.25, -0.2) is 0 Å². The lowest BCUT2D eigenvalue weighted by Gasteiger charge is -2.40. The van der Waals surface area contributed by atoms with Gasteiger partial charge in [-0.3, -0.25) is 11.3 Å². The van der Waals surface area contributed by atoms with Gasteiger partial charge in [0.2, 0.25) is 0 Å². The van der Waals surface area contributed by atoms with E-state index in [0.29, 0.717) is 18.1 Å². The summed E-state index contributed by atoms with van der Waals surface area (Å²) in [6.45, 7) is 3.32. The zero-order valence-electron chi connectivity index (χ0n) is 11.6. The van der Waals surface area contributed by atoms with E-state index in [0.717, 1.165) is 52.1 Å². The molecule has 0 aliphatic carbocycles. The number of nitrogens with two attached hydrogens (primary N) is 1. The molecular formula is C14H26N2O3. The van der Waals surface area contributed by atoms with Gasteiger partial charge >= 0.3 is 0 Å². The maximum Gasteiger partial charge on any atom is 0.0939 e. The Bertz CT molecular complexity index is 288. The smallest absolute Gasteiger partial charge is 0.0939 e. The highest BCUT2D eigenvalue weighted by atomic mass is 16.6. The van der Waals surface area contributed by atoms with Gasteiger partial charge in [-0.2, -0.15) is 0 Å². The van der Waals surface area contributed by atoms with Crippen LogP contribution in [0.4, 0.5) is 0 Å². The third kappa shape index (κ3) is 3.11. The van der Waals surface area contributed by atoms with Crippen molar-refractivity contribution >= 4 is 0 Å². The van der Waals surface area contributed by atoms with Crippen LogP contribution < -0.4 is 11.3 Å². The summed E-state index contributed by atoms with van der Waals surface area (Å²) >= 11 is 0. The Morgan fingerprint density at radius 3 is 2.89 bits per heavy atom. The molecule has 0 amide bonds. The predicted octanol–water partition coefficient (Wildman–Crippen LogP) is 0.973. The molecule has 0 radical (unpaired) electrons. The van der Waals surface area contributed by atoms with E-state index in [4.69, 9.17) is 20.1 Å². The van der Waals surface area contributed by atoms with Gasteiger partial charge < -0.3 is 14.2 Å². The van der Waals surface area contributed by atoms with E-state index in [1.165, 1.54) is 12.8 Å². The maximum absolute atomic E-state index is 6.00. The molecule has 5 heteroatoms. The van der Waals surface area contributed by atoms with Gasteiger partial charge in [-0.15, -0.1) is 0 Å². The van der Waals surface area contributed by atoms with Crippen LogP contribution in [0.2, 0.25) is 0 Å². The zero-order valence-corrected chi connectivity index (χ0v) is 11.6. The molecule has 4 atom stereocenters. The first kappa shape index (κ1) is 13.8. The zero-order chi connectivity index (χ0) is 13.1. The van der Waals surface area contributed by atoms with Crippen molar-refractivity contribution in [2.45, 2.75) is 56.3 Å². The Morgan fingerprint density at radius 1 is 1.26 bits per heavy atom. The number of hydrogen-bond acceptors (Lipinski definition) is 5. The summed E-state index contributed by atoms with van der Waals surface area (Å²) < 4.78 is 17.3. The quantitative estimate of drug-likeness (QED) is 0.589. The van der Waals surface area contributed by atoms with Crippen LogP contribution in [-0.4, -0.2) is 44.2 Å². The fourth-order valence-electron chi connectivity index (χ4n) is 3.78. The topological polar surface area (TPSA) is 65.7 Å². The summed E-state index contributed by atoms with van der Waals surface area (Å²) in [4.78, 5) is 0. The van der Waals surface area contributed by atoms with Crippen LogP contribution in [0.15, 0.2) is 0 Å². The molecule has 0 aromatic carbocycles. The molecule has 3 rings (SSSR count). The van der Waals surface area contributed by atoms with Crippen LogP contribution in [0.25, 0.3) is 0 Å². The normalized spacial score (nSPS) is 40.9. The van der Waals surface area contributed by atoms with Crippen molar-refractivity contribution in [3.05, 3.63) is 0 Å². The van der Waals surface area contributed by atoms with Crippen LogP contribution in [0, 0.1) is 5.92 Å². The Morgan fingerprint density at radius 2 is 2.21 bits per heavy atom. The molecule has 1 spiro atoms. The lowest BCUT2D eigenvalue weighted by atomic mass is 9.79. The highest BCUT2D eigenvalue weighted by Gasteiger charge is 2.43.